The van der Waals surface area contributed by atoms with Crippen molar-refractivity contribution in [3.05, 3.63) is 150 Å². The Labute approximate surface area is 549 Å². The van der Waals surface area contributed by atoms with Gasteiger partial charge >= 0.3 is 5.97 Å². The zero-order valence-electron chi connectivity index (χ0n) is 56.5. The van der Waals surface area contributed by atoms with Crippen molar-refractivity contribution >= 4 is 53.1 Å². The lowest BCUT2D eigenvalue weighted by Crippen LogP contribution is -2.61. The molecule has 0 bridgehead atoms. The maximum absolute atomic E-state index is 15.5. The van der Waals surface area contributed by atoms with Crippen LogP contribution in [0.25, 0.3) is 0 Å². The maximum Gasteiger partial charge on any atom is 0.329 e. The quantitative estimate of drug-likeness (QED) is 0.0220. The number of amides is 7. The molecule has 93 heavy (non-hydrogen) atoms. The number of rotatable bonds is 24. The zero-order valence-corrected chi connectivity index (χ0v) is 56.5. The summed E-state index contributed by atoms with van der Waals surface area (Å²) in [5, 5.41) is 17.6. The van der Waals surface area contributed by atoms with Gasteiger partial charge in [-0.1, -0.05) is 178 Å². The number of ether oxygens (including phenoxy) is 4. The summed E-state index contributed by atoms with van der Waals surface area (Å²) < 4.78 is 23.8. The van der Waals surface area contributed by atoms with Crippen LogP contribution in [0.15, 0.2) is 127 Å². The summed E-state index contributed by atoms with van der Waals surface area (Å²) in [6.45, 7) is 26.0. The summed E-state index contributed by atoms with van der Waals surface area (Å²) in [4.78, 5) is 136. The van der Waals surface area contributed by atoms with Gasteiger partial charge in [0.25, 0.3) is 0 Å². The third kappa shape index (κ3) is 20.1. The van der Waals surface area contributed by atoms with Gasteiger partial charge in [-0.05, 0) is 99.1 Å². The summed E-state index contributed by atoms with van der Waals surface area (Å²) in [6, 6.07) is 27.3. The van der Waals surface area contributed by atoms with E-state index in [1.54, 1.807) is 52.0 Å². The zero-order chi connectivity index (χ0) is 68.3. The molecule has 0 spiro atoms. The van der Waals surface area contributed by atoms with Crippen molar-refractivity contribution < 1.29 is 62.1 Å². The van der Waals surface area contributed by atoms with Gasteiger partial charge in [-0.2, -0.15) is 0 Å². The second-order valence-electron chi connectivity index (χ2n) is 26.4. The molecule has 6 rings (SSSR count). The van der Waals surface area contributed by atoms with Gasteiger partial charge in [-0.3, -0.25) is 38.4 Å². The highest BCUT2D eigenvalue weighted by molar-refractivity contribution is 6.06. The molecule has 10 unspecified atom stereocenters. The average Bonchev–Trinajstić information content (AvgIpc) is 1.55. The first-order chi connectivity index (χ1) is 44.1. The van der Waals surface area contributed by atoms with Gasteiger partial charge in [0.05, 0.1) is 19.3 Å². The van der Waals surface area contributed by atoms with Crippen molar-refractivity contribution in [1.82, 2.24) is 36.8 Å². The summed E-state index contributed by atoms with van der Waals surface area (Å²) in [5.41, 5.74) is 0.703. The predicted molar refractivity (Wildman–Crippen MR) is 355 cm³/mol. The Bertz CT molecular complexity index is 3090. The van der Waals surface area contributed by atoms with Gasteiger partial charge in [0, 0.05) is 37.8 Å². The topological polar surface area (TPSA) is 266 Å². The molecule has 10 atom stereocenters. The number of nitrogens with zero attached hydrogens (tertiary/aromatic N) is 1. The molecular formula is C73H99N7O13. The number of carbonyl (C=O) groups is 9. The van der Waals surface area contributed by atoms with Crippen LogP contribution in [-0.4, -0.2) is 133 Å². The molecular weight excluding hydrogens is 1180 g/mol. The lowest BCUT2D eigenvalue weighted by atomic mass is 9.77. The van der Waals surface area contributed by atoms with E-state index in [0.717, 1.165) is 16.7 Å². The number of ketones is 1. The van der Waals surface area contributed by atoms with Crippen LogP contribution < -0.4 is 36.6 Å². The highest BCUT2D eigenvalue weighted by Gasteiger charge is 2.44. The number of benzene rings is 4. The van der Waals surface area contributed by atoms with Gasteiger partial charge in [0.1, 0.15) is 59.1 Å². The molecule has 20 heteroatoms. The van der Waals surface area contributed by atoms with E-state index >= 15 is 24.0 Å². The SMILES string of the molecule is C=C(C(=O)C(CCC(=O)NC(c1ccccc1)(c1ccccc1)c1ccccc1)NC(=O)C(C)C)C1C(=O)NC(CC(C)C)C(=O)NC(CCC2OCCO2)C(=O)NC(C(C)CC)C(=O)N(C)C(Cc2ccc(OC(C)(C)C)cc2)C(=O)NC(C(C)CC)C(=O)OC1C. The summed E-state index contributed by atoms with van der Waals surface area (Å²) in [6.07, 6.45) is -2.07. The molecule has 0 aromatic heterocycles. The van der Waals surface area contributed by atoms with E-state index in [0.29, 0.717) is 37.4 Å². The smallest absolute Gasteiger partial charge is 0.329 e. The van der Waals surface area contributed by atoms with E-state index in [1.165, 1.54) is 18.9 Å². The number of likely N-dealkylation sites (N-methyl/N-ethyl adjacent to an activating group) is 1. The predicted octanol–water partition coefficient (Wildman–Crippen LogP) is 8.18. The van der Waals surface area contributed by atoms with Crippen molar-refractivity contribution in [3.63, 3.8) is 0 Å². The molecule has 4 aromatic rings. The lowest BCUT2D eigenvalue weighted by molar-refractivity contribution is -0.158. The minimum Gasteiger partial charge on any atom is -0.488 e. The molecule has 0 radical (unpaired) electrons. The maximum atomic E-state index is 15.5. The summed E-state index contributed by atoms with van der Waals surface area (Å²) in [5.74, 6) is -9.98. The molecule has 20 nitrogen and oxygen atoms in total. The lowest BCUT2D eigenvalue weighted by Gasteiger charge is -2.37. The minimum absolute atomic E-state index is 0.00924. The van der Waals surface area contributed by atoms with Crippen LogP contribution in [-0.2, 0) is 69.3 Å². The van der Waals surface area contributed by atoms with Crippen molar-refractivity contribution in [2.45, 2.75) is 194 Å². The Morgan fingerprint density at radius 2 is 1.17 bits per heavy atom. The van der Waals surface area contributed by atoms with Crippen molar-refractivity contribution in [2.24, 2.45) is 29.6 Å². The number of carbonyl (C=O) groups excluding carboxylic acids is 9. The van der Waals surface area contributed by atoms with E-state index < -0.39 is 142 Å². The van der Waals surface area contributed by atoms with Crippen molar-refractivity contribution in [3.8, 4) is 5.75 Å². The Kier molecular flexibility index (Phi) is 27.0. The Balaban J connectivity index is 1.44. The molecule has 2 heterocycles. The molecule has 2 aliphatic heterocycles. The monoisotopic (exact) mass is 1280 g/mol. The largest absolute Gasteiger partial charge is 0.488 e. The van der Waals surface area contributed by atoms with Crippen LogP contribution in [0.2, 0.25) is 0 Å². The molecule has 2 saturated heterocycles. The van der Waals surface area contributed by atoms with Crippen molar-refractivity contribution in [2.75, 3.05) is 20.3 Å². The van der Waals surface area contributed by atoms with Gasteiger partial charge in [-0.15, -0.1) is 0 Å². The van der Waals surface area contributed by atoms with Crippen molar-refractivity contribution in [1.29, 1.82) is 0 Å². The Morgan fingerprint density at radius 1 is 0.667 bits per heavy atom. The number of nitrogens with one attached hydrogen (secondary N) is 6. The van der Waals surface area contributed by atoms with E-state index in [-0.39, 0.29) is 44.4 Å². The van der Waals surface area contributed by atoms with Gasteiger partial charge in [0.2, 0.25) is 41.4 Å². The normalized spacial score (nSPS) is 22.0. The number of hydrogen-bond acceptors (Lipinski definition) is 13. The number of hydrogen-bond donors (Lipinski definition) is 6. The average molecular weight is 1280 g/mol. The van der Waals surface area contributed by atoms with Crippen LogP contribution in [0, 0.1) is 29.6 Å². The third-order valence-corrected chi connectivity index (χ3v) is 17.3. The van der Waals surface area contributed by atoms with Crippen LogP contribution in [0.5, 0.6) is 5.75 Å². The van der Waals surface area contributed by atoms with E-state index in [2.05, 4.69) is 38.5 Å². The fraction of sp³-hybridized carbons (Fsp3) is 0.521. The Morgan fingerprint density at radius 3 is 1.68 bits per heavy atom. The first-order valence-corrected chi connectivity index (χ1v) is 32.8. The fourth-order valence-electron chi connectivity index (χ4n) is 11.6. The standard InChI is InChI=1S/C73H99N7O13/c1-15-46(7)62-70(88)80(14)58(43-50-32-34-54(35-33-50)93-72(11,12)13)68(86)78-63(47(8)16-2)71(89)92-49(10)61(69(87)76-57(42-44(3)4)67(85)75-56(66(84)77-62)37-39-60-90-40-41-91-60)48(9)64(82)55(74-65(83)45(5)6)36-38-59(81)79-73(51-26-20-17-21-27-51,52-28-22-18-23-29-52)53-30-24-19-25-31-53/h17-35,44-47,49,55-58,60-63H,9,15-16,36-43H2,1-8,10-14H3,(H,74,83)(H,75,85)(H,76,87)(H,77,84)(H,78,86)(H,79,81). The molecule has 2 fully saturated rings. The molecule has 4 aromatic carbocycles. The molecule has 0 saturated carbocycles. The highest BCUT2D eigenvalue weighted by Crippen LogP contribution is 2.37. The number of cyclic esters (lactones) is 1. The molecule has 7 amide bonds. The third-order valence-electron chi connectivity index (χ3n) is 17.3. The molecule has 2 aliphatic rings. The van der Waals surface area contributed by atoms with Crippen LogP contribution in [0.3, 0.4) is 0 Å². The summed E-state index contributed by atoms with van der Waals surface area (Å²) >= 11 is 0. The number of esters is 1. The van der Waals surface area contributed by atoms with E-state index in [4.69, 9.17) is 18.9 Å². The molecule has 504 valence electrons. The fourth-order valence-corrected chi connectivity index (χ4v) is 11.6. The number of Topliss-reactive ketones (excluding diaryl/α,β-unsaturated/α-hetero) is 1. The Hall–Kier alpha value is -8.23. The highest BCUT2D eigenvalue weighted by atomic mass is 16.7. The second-order valence-corrected chi connectivity index (χ2v) is 26.4. The van der Waals surface area contributed by atoms with Crippen LogP contribution in [0.4, 0.5) is 0 Å². The first-order valence-electron chi connectivity index (χ1n) is 32.8. The first kappa shape index (κ1) is 73.8. The molecule has 0 aliphatic carbocycles. The van der Waals surface area contributed by atoms with Gasteiger partial charge in [0.15, 0.2) is 12.1 Å². The van der Waals surface area contributed by atoms with Gasteiger partial charge < -0.3 is 55.7 Å². The van der Waals surface area contributed by atoms with Crippen LogP contribution >= 0.6 is 0 Å². The molecule has 6 N–H and O–H groups in total. The van der Waals surface area contributed by atoms with Gasteiger partial charge in [-0.25, -0.2) is 4.79 Å². The minimum atomic E-state index is -1.78. The second kappa shape index (κ2) is 34.1. The summed E-state index contributed by atoms with van der Waals surface area (Å²) in [7, 11) is 1.46. The van der Waals surface area contributed by atoms with E-state index in [9.17, 15) is 19.2 Å². The van der Waals surface area contributed by atoms with Crippen LogP contribution in [0.1, 0.15) is 150 Å². The van der Waals surface area contributed by atoms with E-state index in [1.807, 2.05) is 139 Å².